The van der Waals surface area contributed by atoms with Gasteiger partial charge in [-0.2, -0.15) is 10.1 Å². The molecule has 8 heteroatoms. The number of aromatic nitrogens is 4. The maximum Gasteiger partial charge on any atom is 0.359 e. The summed E-state index contributed by atoms with van der Waals surface area (Å²) in [7, 11) is 0. The highest BCUT2D eigenvalue weighted by atomic mass is 32.1. The molecule has 0 fully saturated rings. The van der Waals surface area contributed by atoms with Crippen LogP contribution in [-0.4, -0.2) is 31.9 Å². The first kappa shape index (κ1) is 20.6. The van der Waals surface area contributed by atoms with E-state index in [2.05, 4.69) is 10.1 Å². The van der Waals surface area contributed by atoms with Gasteiger partial charge in [-0.25, -0.2) is 9.48 Å². The van der Waals surface area contributed by atoms with E-state index in [1.807, 2.05) is 61.5 Å². The summed E-state index contributed by atoms with van der Waals surface area (Å²) in [5, 5.41) is 4.47. The summed E-state index contributed by atoms with van der Waals surface area (Å²) in [4.78, 5) is 30.8. The Morgan fingerprint density at radius 2 is 1.71 bits per heavy atom. The number of hydrogen-bond acceptors (Lipinski definition) is 6. The molecule has 0 atom stereocenters. The molecule has 0 aromatic heterocycles. The molecule has 0 saturated heterocycles. The number of aryl methyl sites for hydroxylation is 1. The Balaban J connectivity index is 2.11. The lowest BCUT2D eigenvalue weighted by Gasteiger charge is -2.19. The molecule has 0 N–H and O–H groups in total. The molecule has 0 aliphatic carbocycles. The van der Waals surface area contributed by atoms with Gasteiger partial charge in [-0.15, -0.1) is 0 Å². The van der Waals surface area contributed by atoms with Crippen molar-refractivity contribution in [3.63, 3.8) is 0 Å². The Hall–Kier alpha value is -3.65. The third-order valence-corrected chi connectivity index (χ3v) is 5.20. The molecular formula is C23H20N4O3S. The number of benzene rings is 2. The fraction of sp³-hybridized carbons (Fsp3) is 0.174. The van der Waals surface area contributed by atoms with Gasteiger partial charge in [-0.1, -0.05) is 35.9 Å². The third-order valence-electron chi connectivity index (χ3n) is 4.93. The van der Waals surface area contributed by atoms with Crippen molar-refractivity contribution in [3.8, 4) is 22.8 Å². The van der Waals surface area contributed by atoms with Crippen molar-refractivity contribution >= 4 is 18.2 Å². The maximum atomic E-state index is 13.6. The average molecular weight is 433 g/mol. The number of esters is 1. The molecule has 0 saturated carbocycles. The fourth-order valence-electron chi connectivity index (χ4n) is 3.38. The first-order chi connectivity index (χ1) is 14.9. The molecule has 31 heavy (non-hydrogen) atoms. The molecule has 156 valence electrons. The van der Waals surface area contributed by atoms with Gasteiger partial charge in [0.25, 0.3) is 5.56 Å². The van der Waals surface area contributed by atoms with Crippen LogP contribution in [-0.2, 0) is 4.74 Å². The second kappa shape index (κ2) is 8.23. The summed E-state index contributed by atoms with van der Waals surface area (Å²) < 4.78 is 8.12. The SMILES string of the molecule is CCOC(=O)c1nn(-c2ccccc2)c2nc(=S)n(-c3ccc(C)cc3)c(=O)c-2c1C. The average Bonchev–Trinajstić information content (AvgIpc) is 2.75. The van der Waals surface area contributed by atoms with E-state index >= 15 is 0 Å². The summed E-state index contributed by atoms with van der Waals surface area (Å²) in [6.45, 7) is 5.54. The molecule has 4 rings (SSSR count). The molecule has 0 unspecified atom stereocenters. The van der Waals surface area contributed by atoms with Gasteiger partial charge in [0.05, 0.1) is 23.5 Å². The molecule has 2 aliphatic rings. The summed E-state index contributed by atoms with van der Waals surface area (Å²) in [6.07, 6.45) is 0. The van der Waals surface area contributed by atoms with E-state index in [-0.39, 0.29) is 34.0 Å². The fourth-order valence-corrected chi connectivity index (χ4v) is 3.65. The predicted octanol–water partition coefficient (Wildman–Crippen LogP) is 4.05. The lowest BCUT2D eigenvalue weighted by molar-refractivity contribution is 0.0516. The van der Waals surface area contributed by atoms with Crippen LogP contribution in [0.5, 0.6) is 0 Å². The highest BCUT2D eigenvalue weighted by Gasteiger charge is 2.27. The maximum absolute atomic E-state index is 13.6. The first-order valence-electron chi connectivity index (χ1n) is 9.78. The number of carbonyl (C=O) groups is 1. The van der Waals surface area contributed by atoms with Gasteiger partial charge in [0.1, 0.15) is 0 Å². The van der Waals surface area contributed by atoms with E-state index in [1.165, 1.54) is 9.25 Å². The minimum atomic E-state index is -0.602. The number of hydrogen-bond donors (Lipinski definition) is 0. The Kier molecular flexibility index (Phi) is 5.48. The number of rotatable bonds is 4. The van der Waals surface area contributed by atoms with E-state index in [9.17, 15) is 9.59 Å². The molecule has 2 aromatic carbocycles. The van der Waals surface area contributed by atoms with Crippen LogP contribution in [0.4, 0.5) is 0 Å². The lowest BCUT2D eigenvalue weighted by Crippen LogP contribution is -2.29. The molecule has 0 spiro atoms. The molecule has 0 amide bonds. The Morgan fingerprint density at radius 1 is 1.03 bits per heavy atom. The van der Waals surface area contributed by atoms with E-state index in [0.29, 0.717) is 16.9 Å². The van der Waals surface area contributed by atoms with Gasteiger partial charge in [-0.05, 0) is 57.3 Å². The number of ether oxygens (including phenoxy) is 1. The van der Waals surface area contributed by atoms with E-state index in [1.54, 1.807) is 13.8 Å². The highest BCUT2D eigenvalue weighted by molar-refractivity contribution is 7.71. The van der Waals surface area contributed by atoms with Crippen molar-refractivity contribution in [2.24, 2.45) is 0 Å². The molecule has 2 aromatic rings. The van der Waals surface area contributed by atoms with Crippen LogP contribution in [0.3, 0.4) is 0 Å². The second-order valence-corrected chi connectivity index (χ2v) is 7.38. The number of nitrogens with zero attached hydrogens (tertiary/aromatic N) is 4. The van der Waals surface area contributed by atoms with Gasteiger partial charge in [-0.3, -0.25) is 9.36 Å². The zero-order chi connectivity index (χ0) is 22.1. The monoisotopic (exact) mass is 432 g/mol. The second-order valence-electron chi connectivity index (χ2n) is 7.01. The number of para-hydroxylation sites is 1. The summed E-state index contributed by atoms with van der Waals surface area (Å²) in [6, 6.07) is 16.6. The molecule has 7 nitrogen and oxygen atoms in total. The summed E-state index contributed by atoms with van der Waals surface area (Å²) >= 11 is 5.48. The normalized spacial score (nSPS) is 10.9. The quantitative estimate of drug-likeness (QED) is 0.358. The number of fused-ring (bicyclic) bond motifs is 1. The largest absolute Gasteiger partial charge is 0.461 e. The minimum Gasteiger partial charge on any atom is -0.461 e. The smallest absolute Gasteiger partial charge is 0.359 e. The van der Waals surface area contributed by atoms with Crippen molar-refractivity contribution in [1.29, 1.82) is 0 Å². The van der Waals surface area contributed by atoms with Crippen molar-refractivity contribution < 1.29 is 9.53 Å². The topological polar surface area (TPSA) is 79.0 Å². The van der Waals surface area contributed by atoms with Crippen LogP contribution >= 0.6 is 12.2 Å². The zero-order valence-corrected chi connectivity index (χ0v) is 18.1. The zero-order valence-electron chi connectivity index (χ0n) is 17.3. The van der Waals surface area contributed by atoms with Crippen LogP contribution in [0.1, 0.15) is 28.5 Å². The Morgan fingerprint density at radius 3 is 2.35 bits per heavy atom. The van der Waals surface area contributed by atoms with Crippen molar-refractivity contribution in [1.82, 2.24) is 19.3 Å². The van der Waals surface area contributed by atoms with Crippen molar-refractivity contribution in [3.05, 3.63) is 86.5 Å². The van der Waals surface area contributed by atoms with E-state index < -0.39 is 5.97 Å². The van der Waals surface area contributed by atoms with Gasteiger partial charge >= 0.3 is 5.97 Å². The predicted molar refractivity (Wildman–Crippen MR) is 120 cm³/mol. The van der Waals surface area contributed by atoms with Gasteiger partial charge in [0.15, 0.2) is 11.5 Å². The minimum absolute atomic E-state index is 0.0599. The standard InChI is InChI=1S/C23H20N4O3S/c1-4-30-22(29)19-15(3)18-20(27(25-19)17-8-6-5-7-9-17)24-23(31)26(21(18)28)16-12-10-14(2)11-13-16/h5-13H,4H2,1-3H3. The van der Waals surface area contributed by atoms with E-state index in [4.69, 9.17) is 17.0 Å². The molecule has 0 radical (unpaired) electrons. The van der Waals surface area contributed by atoms with Crippen LogP contribution in [0.15, 0.2) is 59.4 Å². The lowest BCUT2D eigenvalue weighted by atomic mass is 10.1. The van der Waals surface area contributed by atoms with Crippen LogP contribution in [0.2, 0.25) is 0 Å². The third kappa shape index (κ3) is 3.66. The number of carbonyl (C=O) groups excluding carboxylic acids is 1. The van der Waals surface area contributed by atoms with Gasteiger partial charge < -0.3 is 4.74 Å². The van der Waals surface area contributed by atoms with Crippen LogP contribution in [0.25, 0.3) is 22.8 Å². The van der Waals surface area contributed by atoms with Crippen molar-refractivity contribution in [2.45, 2.75) is 20.8 Å². The molecular weight excluding hydrogens is 412 g/mol. The summed E-state index contributed by atoms with van der Waals surface area (Å²) in [5.41, 5.74) is 2.66. The first-order valence-corrected chi connectivity index (χ1v) is 10.2. The van der Waals surface area contributed by atoms with Crippen LogP contribution < -0.4 is 5.56 Å². The Labute approximate surface area is 183 Å². The highest BCUT2D eigenvalue weighted by Crippen LogP contribution is 2.26. The molecule has 0 bridgehead atoms. The van der Waals surface area contributed by atoms with E-state index in [0.717, 1.165) is 5.56 Å². The van der Waals surface area contributed by atoms with Gasteiger partial charge in [0.2, 0.25) is 4.77 Å². The van der Waals surface area contributed by atoms with Crippen molar-refractivity contribution in [2.75, 3.05) is 6.61 Å². The molecule has 2 heterocycles. The van der Waals surface area contributed by atoms with Crippen LogP contribution in [0, 0.1) is 18.6 Å². The molecule has 2 aliphatic heterocycles. The summed E-state index contributed by atoms with van der Waals surface area (Å²) in [5.74, 6) is -0.314. The Bertz CT molecular complexity index is 1360. The van der Waals surface area contributed by atoms with Gasteiger partial charge in [0, 0.05) is 5.56 Å².